The molecule has 128 valence electrons. The van der Waals surface area contributed by atoms with E-state index in [1.54, 1.807) is 4.90 Å². The molecule has 3 N–H and O–H groups in total. The van der Waals surface area contributed by atoms with Gasteiger partial charge in [0.15, 0.2) is 0 Å². The van der Waals surface area contributed by atoms with E-state index in [9.17, 15) is 9.59 Å². The molecule has 0 bridgehead atoms. The van der Waals surface area contributed by atoms with Crippen LogP contribution in [0.15, 0.2) is 6.07 Å². The van der Waals surface area contributed by atoms with Crippen molar-refractivity contribution in [2.45, 2.75) is 40.2 Å². The highest BCUT2D eigenvalue weighted by Crippen LogP contribution is 2.16. The number of aromatic nitrogens is 2. The largest absolute Gasteiger partial charge is 0.355 e. The Bertz CT molecular complexity index is 569. The van der Waals surface area contributed by atoms with Crippen molar-refractivity contribution in [1.82, 2.24) is 20.0 Å². The summed E-state index contributed by atoms with van der Waals surface area (Å²) in [7, 11) is 0. The van der Waals surface area contributed by atoms with Crippen LogP contribution in [0.2, 0.25) is 0 Å². The molecule has 1 fully saturated rings. The van der Waals surface area contributed by atoms with E-state index in [4.69, 9.17) is 5.73 Å². The van der Waals surface area contributed by atoms with Crippen molar-refractivity contribution in [2.75, 3.05) is 19.6 Å². The Labute approximate surface area is 137 Å². The van der Waals surface area contributed by atoms with Gasteiger partial charge < -0.3 is 16.0 Å². The molecule has 0 saturated carbocycles. The van der Waals surface area contributed by atoms with Crippen LogP contribution in [0.3, 0.4) is 0 Å². The number of nitrogens with one attached hydrogen (secondary N) is 1. The second-order valence-electron chi connectivity index (χ2n) is 6.58. The molecule has 7 heteroatoms. The highest BCUT2D eigenvalue weighted by Gasteiger charge is 2.27. The van der Waals surface area contributed by atoms with Crippen LogP contribution in [0.4, 0.5) is 4.79 Å². The maximum atomic E-state index is 12.3. The minimum Gasteiger partial charge on any atom is -0.355 e. The number of rotatable bonds is 5. The molecule has 0 spiro atoms. The molecule has 0 aromatic carbocycles. The van der Waals surface area contributed by atoms with Gasteiger partial charge in [-0.2, -0.15) is 5.10 Å². The number of likely N-dealkylation sites (tertiary alicyclic amines) is 1. The van der Waals surface area contributed by atoms with Gasteiger partial charge in [0, 0.05) is 31.9 Å². The molecule has 23 heavy (non-hydrogen) atoms. The number of amides is 3. The number of piperidine rings is 1. The van der Waals surface area contributed by atoms with Crippen LogP contribution in [0, 0.1) is 25.7 Å². The smallest absolute Gasteiger partial charge is 0.314 e. The fraction of sp³-hybridized carbons (Fsp3) is 0.688. The number of hydrogen-bond acceptors (Lipinski definition) is 3. The highest BCUT2D eigenvalue weighted by molar-refractivity contribution is 5.80. The summed E-state index contributed by atoms with van der Waals surface area (Å²) in [6.45, 7) is 8.55. The van der Waals surface area contributed by atoms with E-state index in [-0.39, 0.29) is 17.7 Å². The Balaban J connectivity index is 1.79. The molecule has 2 atom stereocenters. The molecule has 7 nitrogen and oxygen atoms in total. The first kappa shape index (κ1) is 17.3. The molecule has 1 saturated heterocycles. The van der Waals surface area contributed by atoms with Gasteiger partial charge in [-0.15, -0.1) is 0 Å². The van der Waals surface area contributed by atoms with Crippen LogP contribution in [0.25, 0.3) is 0 Å². The number of urea groups is 1. The highest BCUT2D eigenvalue weighted by atomic mass is 16.2. The molecular formula is C16H27N5O2. The summed E-state index contributed by atoms with van der Waals surface area (Å²) in [4.78, 5) is 25.1. The molecule has 0 aliphatic carbocycles. The lowest BCUT2D eigenvalue weighted by atomic mass is 9.97. The van der Waals surface area contributed by atoms with Crippen LogP contribution in [-0.4, -0.2) is 46.3 Å². The number of aryl methyl sites for hydroxylation is 2. The monoisotopic (exact) mass is 321 g/mol. The maximum absolute atomic E-state index is 12.3. The van der Waals surface area contributed by atoms with Gasteiger partial charge in [-0.1, -0.05) is 6.92 Å². The van der Waals surface area contributed by atoms with Gasteiger partial charge in [0.2, 0.25) is 5.91 Å². The molecule has 1 aliphatic heterocycles. The number of hydrogen-bond donors (Lipinski definition) is 2. The number of nitrogens with two attached hydrogens (primary N) is 1. The van der Waals surface area contributed by atoms with Crippen LogP contribution in [0.5, 0.6) is 0 Å². The summed E-state index contributed by atoms with van der Waals surface area (Å²) < 4.78 is 1.97. The third-order valence-electron chi connectivity index (χ3n) is 4.32. The van der Waals surface area contributed by atoms with Crippen LogP contribution in [0.1, 0.15) is 31.2 Å². The summed E-state index contributed by atoms with van der Waals surface area (Å²) in [6, 6.07) is 1.60. The Kier molecular flexibility index (Phi) is 5.63. The van der Waals surface area contributed by atoms with E-state index in [1.165, 1.54) is 0 Å². The molecular weight excluding hydrogens is 294 g/mol. The average molecular weight is 321 g/mol. The van der Waals surface area contributed by atoms with Gasteiger partial charge in [-0.25, -0.2) is 4.79 Å². The van der Waals surface area contributed by atoms with E-state index >= 15 is 0 Å². The van der Waals surface area contributed by atoms with Crippen molar-refractivity contribution in [1.29, 1.82) is 0 Å². The Hall–Kier alpha value is -2.05. The SMILES string of the molecule is Cc1cc(C)n(C[C@@H](C)CNC(=O)[C@H]2CCCN(C(N)=O)C2)n1. The third kappa shape index (κ3) is 4.71. The lowest BCUT2D eigenvalue weighted by Gasteiger charge is -2.30. The van der Waals surface area contributed by atoms with Gasteiger partial charge >= 0.3 is 6.03 Å². The van der Waals surface area contributed by atoms with Gasteiger partial charge in [-0.05, 0) is 38.7 Å². The van der Waals surface area contributed by atoms with Crippen molar-refractivity contribution in [3.05, 3.63) is 17.5 Å². The molecule has 1 aromatic rings. The van der Waals surface area contributed by atoms with E-state index in [2.05, 4.69) is 17.3 Å². The first-order valence-corrected chi connectivity index (χ1v) is 8.20. The maximum Gasteiger partial charge on any atom is 0.314 e. The van der Waals surface area contributed by atoms with Crippen molar-refractivity contribution in [3.8, 4) is 0 Å². The lowest BCUT2D eigenvalue weighted by Crippen LogP contribution is -2.47. The first-order chi connectivity index (χ1) is 10.9. The normalized spacial score (nSPS) is 19.4. The molecule has 1 aromatic heterocycles. The fourth-order valence-corrected chi connectivity index (χ4v) is 3.03. The van der Waals surface area contributed by atoms with E-state index in [0.29, 0.717) is 19.6 Å². The fourth-order valence-electron chi connectivity index (χ4n) is 3.03. The van der Waals surface area contributed by atoms with Crippen LogP contribution < -0.4 is 11.1 Å². The zero-order chi connectivity index (χ0) is 17.0. The molecule has 2 rings (SSSR count). The predicted octanol–water partition coefficient (Wildman–Crippen LogP) is 1.04. The molecule has 0 unspecified atom stereocenters. The topological polar surface area (TPSA) is 93.3 Å². The number of nitrogens with zero attached hydrogens (tertiary/aromatic N) is 3. The Morgan fingerprint density at radius 3 is 2.83 bits per heavy atom. The van der Waals surface area contributed by atoms with Crippen LogP contribution >= 0.6 is 0 Å². The van der Waals surface area contributed by atoms with Crippen molar-refractivity contribution in [3.63, 3.8) is 0 Å². The summed E-state index contributed by atoms with van der Waals surface area (Å²) in [5.74, 6) is 0.140. The summed E-state index contributed by atoms with van der Waals surface area (Å²) >= 11 is 0. The number of carbonyl (C=O) groups is 2. The van der Waals surface area contributed by atoms with Crippen molar-refractivity contribution in [2.24, 2.45) is 17.6 Å². The zero-order valence-electron chi connectivity index (χ0n) is 14.2. The third-order valence-corrected chi connectivity index (χ3v) is 4.32. The second-order valence-corrected chi connectivity index (χ2v) is 6.58. The summed E-state index contributed by atoms with van der Waals surface area (Å²) in [5, 5.41) is 7.44. The summed E-state index contributed by atoms with van der Waals surface area (Å²) in [6.07, 6.45) is 1.63. The molecule has 3 amide bonds. The van der Waals surface area contributed by atoms with E-state index in [0.717, 1.165) is 30.8 Å². The molecule has 2 heterocycles. The second kappa shape index (κ2) is 7.48. The standard InChI is InChI=1S/C16H27N5O2/c1-11(9-21-13(3)7-12(2)19-21)8-18-15(22)14-5-4-6-20(10-14)16(17)23/h7,11,14H,4-6,8-10H2,1-3H3,(H2,17,23)(H,18,22)/t11-,14-/m0/s1. The quantitative estimate of drug-likeness (QED) is 0.848. The first-order valence-electron chi connectivity index (χ1n) is 8.20. The number of primary amides is 1. The molecule has 0 radical (unpaired) electrons. The number of carbonyl (C=O) groups excluding carboxylic acids is 2. The Morgan fingerprint density at radius 2 is 2.22 bits per heavy atom. The van der Waals surface area contributed by atoms with Gasteiger partial charge in [0.05, 0.1) is 11.6 Å². The van der Waals surface area contributed by atoms with E-state index in [1.807, 2.05) is 24.6 Å². The zero-order valence-corrected chi connectivity index (χ0v) is 14.2. The van der Waals surface area contributed by atoms with Crippen molar-refractivity contribution < 1.29 is 9.59 Å². The van der Waals surface area contributed by atoms with E-state index < -0.39 is 6.03 Å². The van der Waals surface area contributed by atoms with Crippen molar-refractivity contribution >= 4 is 11.9 Å². The Morgan fingerprint density at radius 1 is 1.48 bits per heavy atom. The van der Waals surface area contributed by atoms with Crippen LogP contribution in [-0.2, 0) is 11.3 Å². The van der Waals surface area contributed by atoms with Gasteiger partial charge in [0.25, 0.3) is 0 Å². The lowest BCUT2D eigenvalue weighted by molar-refractivity contribution is -0.126. The van der Waals surface area contributed by atoms with Gasteiger partial charge in [0.1, 0.15) is 0 Å². The minimum atomic E-state index is -0.444. The average Bonchev–Trinajstić information content (AvgIpc) is 2.82. The van der Waals surface area contributed by atoms with Gasteiger partial charge in [-0.3, -0.25) is 9.48 Å². The summed E-state index contributed by atoms with van der Waals surface area (Å²) in [5.41, 5.74) is 7.44. The molecule has 1 aliphatic rings. The minimum absolute atomic E-state index is 0.0103. The predicted molar refractivity (Wildman–Crippen MR) is 87.8 cm³/mol.